The Bertz CT molecular complexity index is 1320. The molecule has 0 aliphatic carbocycles. The number of nitrogens with one attached hydrogen (secondary N) is 3. The van der Waals surface area contributed by atoms with Gasteiger partial charge in [-0.3, -0.25) is 14.4 Å². The second-order valence-electron chi connectivity index (χ2n) is 8.00. The van der Waals surface area contributed by atoms with E-state index in [1.807, 2.05) is 0 Å². The van der Waals surface area contributed by atoms with Gasteiger partial charge in [-0.15, -0.1) is 0 Å². The van der Waals surface area contributed by atoms with Crippen LogP contribution in [0, 0.1) is 11.6 Å². The second-order valence-corrected chi connectivity index (χ2v) is 10.1. The number of halogens is 4. The molecule has 10 nitrogen and oxygen atoms in total. The Hall–Kier alpha value is -3.36. The zero-order chi connectivity index (χ0) is 27.3. The van der Waals surface area contributed by atoms with Gasteiger partial charge in [-0.05, 0) is 38.0 Å². The summed E-state index contributed by atoms with van der Waals surface area (Å²) < 4.78 is 70.6. The highest BCUT2D eigenvalue weighted by Gasteiger charge is 2.33. The maximum absolute atomic E-state index is 15.3. The normalized spacial score (nSPS) is 14.7. The lowest BCUT2D eigenvalue weighted by molar-refractivity contribution is -0.146. The molecular formula is C22H23ClF3N5O5S. The summed E-state index contributed by atoms with van der Waals surface area (Å²) in [5.74, 6) is -4.93. The lowest BCUT2D eigenvalue weighted by Crippen LogP contribution is -2.50. The van der Waals surface area contributed by atoms with E-state index in [1.165, 1.54) is 11.0 Å². The monoisotopic (exact) mass is 561 g/mol. The third kappa shape index (κ3) is 6.70. The van der Waals surface area contributed by atoms with E-state index < -0.39 is 56.0 Å². The molecule has 200 valence electrons. The van der Waals surface area contributed by atoms with Gasteiger partial charge in [0.1, 0.15) is 22.7 Å². The topological polar surface area (TPSA) is 130 Å². The molecule has 0 unspecified atom stereocenters. The molecule has 0 radical (unpaired) electrons. The van der Waals surface area contributed by atoms with Crippen molar-refractivity contribution in [1.82, 2.24) is 19.5 Å². The van der Waals surface area contributed by atoms with Gasteiger partial charge < -0.3 is 20.1 Å². The lowest BCUT2D eigenvalue weighted by atomic mass is 10.1. The van der Waals surface area contributed by atoms with Gasteiger partial charge in [-0.25, -0.2) is 26.3 Å². The quantitative estimate of drug-likeness (QED) is 0.447. The molecule has 3 rings (SSSR count). The first-order valence-corrected chi connectivity index (χ1v) is 12.9. The van der Waals surface area contributed by atoms with Crippen molar-refractivity contribution in [2.24, 2.45) is 0 Å². The third-order valence-electron chi connectivity index (χ3n) is 5.42. The van der Waals surface area contributed by atoms with E-state index in [9.17, 15) is 31.6 Å². The van der Waals surface area contributed by atoms with E-state index in [0.29, 0.717) is 10.8 Å². The molecular weight excluding hydrogens is 539 g/mol. The number of piperidine rings is 1. The molecule has 1 saturated heterocycles. The predicted molar refractivity (Wildman–Crippen MR) is 129 cm³/mol. The molecule has 2 aromatic rings. The molecule has 0 spiro atoms. The maximum Gasteiger partial charge on any atom is 0.311 e. The van der Waals surface area contributed by atoms with Gasteiger partial charge in [0, 0.05) is 48.8 Å². The van der Waals surface area contributed by atoms with Crippen LogP contribution in [-0.4, -0.2) is 61.3 Å². The minimum atomic E-state index is -4.54. The number of carbonyl (C=O) groups excluding carboxylic acids is 3. The van der Waals surface area contributed by atoms with E-state index in [1.54, 1.807) is 6.92 Å². The minimum absolute atomic E-state index is 0.0273. The predicted octanol–water partition coefficient (Wildman–Crippen LogP) is 2.48. The van der Waals surface area contributed by atoms with Gasteiger partial charge in [0.05, 0.1) is 0 Å². The Morgan fingerprint density at radius 2 is 1.84 bits per heavy atom. The largest absolute Gasteiger partial charge is 0.348 e. The van der Waals surface area contributed by atoms with E-state index in [4.69, 9.17) is 11.6 Å². The van der Waals surface area contributed by atoms with Crippen molar-refractivity contribution in [3.63, 3.8) is 0 Å². The number of aromatic nitrogens is 1. The Morgan fingerprint density at radius 1 is 1.16 bits per heavy atom. The standard InChI is InChI=1S/C22H23ClF3N5O5S/c1-2-27-21(33)22(34)30-6-3-15(4-7-30)29-37(35,36)17-12-31(8-5-24)19(18(17)26)20(32)28-16-10-13(23)9-14(25)11-16/h5,8-12,15,29H,2-4,6-7H2,1H3,(H,27,33)(H,28,32)/b8-5+. The summed E-state index contributed by atoms with van der Waals surface area (Å²) in [6.07, 6.45) is 1.60. The van der Waals surface area contributed by atoms with Crippen molar-refractivity contribution >= 4 is 51.2 Å². The van der Waals surface area contributed by atoms with Crippen LogP contribution in [0.5, 0.6) is 0 Å². The Kier molecular flexibility index (Phi) is 8.99. The zero-order valence-electron chi connectivity index (χ0n) is 19.4. The van der Waals surface area contributed by atoms with E-state index in [0.717, 1.165) is 18.3 Å². The number of hydrogen-bond acceptors (Lipinski definition) is 5. The fraction of sp³-hybridized carbons (Fsp3) is 0.318. The van der Waals surface area contributed by atoms with Crippen LogP contribution < -0.4 is 15.4 Å². The van der Waals surface area contributed by atoms with Gasteiger partial charge in [-0.2, -0.15) is 0 Å². The number of anilines is 1. The summed E-state index contributed by atoms with van der Waals surface area (Å²) >= 11 is 5.74. The average Bonchev–Trinajstić information content (AvgIpc) is 3.15. The van der Waals surface area contributed by atoms with Gasteiger partial charge in [0.2, 0.25) is 10.0 Å². The maximum atomic E-state index is 15.3. The highest BCUT2D eigenvalue weighted by Crippen LogP contribution is 2.25. The Labute approximate surface area is 215 Å². The number of sulfonamides is 1. The van der Waals surface area contributed by atoms with Crippen LogP contribution >= 0.6 is 11.6 Å². The Balaban J connectivity index is 1.78. The fourth-order valence-electron chi connectivity index (χ4n) is 3.74. The summed E-state index contributed by atoms with van der Waals surface area (Å²) in [5.41, 5.74) is -0.986. The summed E-state index contributed by atoms with van der Waals surface area (Å²) in [6, 6.07) is 2.36. The SMILES string of the molecule is CCNC(=O)C(=O)N1CCC(NS(=O)(=O)c2cn(/C=C/F)c(C(=O)Nc3cc(F)cc(Cl)c3)c2F)CC1. The highest BCUT2D eigenvalue weighted by molar-refractivity contribution is 7.89. The molecule has 1 fully saturated rings. The summed E-state index contributed by atoms with van der Waals surface area (Å²) in [5, 5.41) is 4.53. The molecule has 3 N–H and O–H groups in total. The molecule has 0 atom stereocenters. The first-order chi connectivity index (χ1) is 17.5. The first kappa shape index (κ1) is 28.2. The summed E-state index contributed by atoms with van der Waals surface area (Å²) in [7, 11) is -4.54. The minimum Gasteiger partial charge on any atom is -0.348 e. The molecule has 37 heavy (non-hydrogen) atoms. The van der Waals surface area contributed by atoms with E-state index >= 15 is 4.39 Å². The van der Waals surface area contributed by atoms with Gasteiger partial charge in [0.25, 0.3) is 5.91 Å². The van der Waals surface area contributed by atoms with E-state index in [2.05, 4.69) is 15.4 Å². The fourth-order valence-corrected chi connectivity index (χ4v) is 5.35. The van der Waals surface area contributed by atoms with Crippen molar-refractivity contribution in [2.75, 3.05) is 25.0 Å². The first-order valence-electron chi connectivity index (χ1n) is 11.0. The number of benzene rings is 1. The van der Waals surface area contributed by atoms with Crippen molar-refractivity contribution in [1.29, 1.82) is 0 Å². The number of amides is 3. The van der Waals surface area contributed by atoms with Gasteiger partial charge >= 0.3 is 11.8 Å². The number of likely N-dealkylation sites (tertiary alicyclic amines) is 1. The van der Waals surface area contributed by atoms with Crippen molar-refractivity contribution < 1.29 is 36.0 Å². The second kappa shape index (κ2) is 11.8. The molecule has 15 heteroatoms. The number of carbonyl (C=O) groups is 3. The van der Waals surface area contributed by atoms with Crippen LogP contribution in [0.3, 0.4) is 0 Å². The molecule has 0 saturated carbocycles. The molecule has 1 aliphatic rings. The van der Waals surface area contributed by atoms with Gasteiger partial charge in [-0.1, -0.05) is 11.6 Å². The van der Waals surface area contributed by atoms with Crippen molar-refractivity contribution in [3.8, 4) is 0 Å². The van der Waals surface area contributed by atoms with Crippen LogP contribution in [0.4, 0.5) is 18.9 Å². The molecule has 1 aromatic carbocycles. The average molecular weight is 562 g/mol. The number of hydrogen-bond donors (Lipinski definition) is 3. The highest BCUT2D eigenvalue weighted by atomic mass is 35.5. The zero-order valence-corrected chi connectivity index (χ0v) is 21.0. The van der Waals surface area contributed by atoms with Crippen LogP contribution in [0.15, 0.2) is 35.6 Å². The molecule has 3 amide bonds. The third-order valence-corrected chi connectivity index (χ3v) is 7.14. The number of rotatable bonds is 7. The number of likely N-dealkylation sites (N-methyl/N-ethyl adjacent to an activating group) is 1. The van der Waals surface area contributed by atoms with Crippen LogP contribution in [-0.2, 0) is 19.6 Å². The summed E-state index contributed by atoms with van der Waals surface area (Å²) in [6.45, 7) is 2.11. The van der Waals surface area contributed by atoms with Crippen molar-refractivity contribution in [3.05, 3.63) is 53.1 Å². The van der Waals surface area contributed by atoms with E-state index in [-0.39, 0.29) is 49.5 Å². The number of nitrogens with zero attached hydrogens (tertiary/aromatic N) is 2. The smallest absolute Gasteiger partial charge is 0.311 e. The molecule has 1 aromatic heterocycles. The van der Waals surface area contributed by atoms with Crippen LogP contribution in [0.2, 0.25) is 5.02 Å². The van der Waals surface area contributed by atoms with Gasteiger partial charge in [0.15, 0.2) is 5.82 Å². The van der Waals surface area contributed by atoms with Crippen molar-refractivity contribution in [2.45, 2.75) is 30.7 Å². The van der Waals surface area contributed by atoms with Crippen LogP contribution in [0.1, 0.15) is 30.3 Å². The lowest BCUT2D eigenvalue weighted by Gasteiger charge is -2.31. The molecule has 0 bridgehead atoms. The Morgan fingerprint density at radius 3 is 2.43 bits per heavy atom. The molecule has 2 heterocycles. The van der Waals surface area contributed by atoms with Crippen LogP contribution in [0.25, 0.3) is 6.20 Å². The summed E-state index contributed by atoms with van der Waals surface area (Å²) in [4.78, 5) is 36.9. The molecule has 1 aliphatic heterocycles.